The van der Waals surface area contributed by atoms with E-state index in [0.717, 1.165) is 38.2 Å². The van der Waals surface area contributed by atoms with Gasteiger partial charge >= 0.3 is 0 Å². The number of nitrogens with one attached hydrogen (secondary N) is 1. The highest BCUT2D eigenvalue weighted by molar-refractivity contribution is 5.95. The van der Waals surface area contributed by atoms with E-state index in [0.29, 0.717) is 6.42 Å². The van der Waals surface area contributed by atoms with Crippen LogP contribution in [0.4, 0.5) is 5.69 Å². The standard InChI is InChI=1S/C19H26N2O/c22-19(21-15-12-17-8-4-5-9-18(17)21)11-14-20-13-10-16-6-2-1-3-7-16/h4-6,8-9,20H,1-3,7,10-15H2. The van der Waals surface area contributed by atoms with Crippen LogP contribution in [0.2, 0.25) is 0 Å². The van der Waals surface area contributed by atoms with Crippen molar-refractivity contribution >= 4 is 11.6 Å². The van der Waals surface area contributed by atoms with E-state index in [-0.39, 0.29) is 5.91 Å². The van der Waals surface area contributed by atoms with Gasteiger partial charge in [0, 0.05) is 25.2 Å². The second kappa shape index (κ2) is 7.59. The third-order valence-electron chi connectivity index (χ3n) is 4.71. The predicted octanol–water partition coefficient (Wildman–Crippen LogP) is 3.45. The Morgan fingerprint density at radius 3 is 2.91 bits per heavy atom. The first kappa shape index (κ1) is 15.3. The molecule has 0 aromatic heterocycles. The summed E-state index contributed by atoms with van der Waals surface area (Å²) in [6.07, 6.45) is 10.3. The van der Waals surface area contributed by atoms with Crippen molar-refractivity contribution in [3.63, 3.8) is 0 Å². The Kier molecular flexibility index (Phi) is 5.28. The average Bonchev–Trinajstić information content (AvgIpc) is 2.99. The Morgan fingerprint density at radius 1 is 1.14 bits per heavy atom. The second-order valence-electron chi connectivity index (χ2n) is 6.28. The minimum atomic E-state index is 0.245. The number of benzene rings is 1. The number of hydrogen-bond acceptors (Lipinski definition) is 2. The number of carbonyl (C=O) groups is 1. The SMILES string of the molecule is O=C(CCNCCC1=CCCCC1)N1CCc2ccccc21. The number of allylic oxidation sites excluding steroid dienone is 1. The third-order valence-corrected chi connectivity index (χ3v) is 4.71. The number of fused-ring (bicyclic) bond motifs is 1. The fraction of sp³-hybridized carbons (Fsp3) is 0.526. The van der Waals surface area contributed by atoms with Crippen molar-refractivity contribution in [2.75, 3.05) is 24.5 Å². The van der Waals surface area contributed by atoms with Crippen LogP contribution in [-0.2, 0) is 11.2 Å². The van der Waals surface area contributed by atoms with Gasteiger partial charge in [0.2, 0.25) is 5.91 Å². The van der Waals surface area contributed by atoms with Crippen molar-refractivity contribution in [3.8, 4) is 0 Å². The molecule has 0 bridgehead atoms. The number of amides is 1. The number of rotatable bonds is 6. The Labute approximate surface area is 133 Å². The summed E-state index contributed by atoms with van der Waals surface area (Å²) in [5.41, 5.74) is 4.01. The number of para-hydroxylation sites is 1. The van der Waals surface area contributed by atoms with Crippen molar-refractivity contribution < 1.29 is 4.79 Å². The lowest BCUT2D eigenvalue weighted by Crippen LogP contribution is -2.32. The molecule has 1 N–H and O–H groups in total. The first-order valence-corrected chi connectivity index (χ1v) is 8.61. The number of anilines is 1. The Balaban J connectivity index is 1.37. The minimum Gasteiger partial charge on any atom is -0.316 e. The van der Waals surface area contributed by atoms with Crippen LogP contribution < -0.4 is 10.2 Å². The summed E-state index contributed by atoms with van der Waals surface area (Å²) in [4.78, 5) is 14.3. The van der Waals surface area contributed by atoms with E-state index in [1.54, 1.807) is 5.57 Å². The van der Waals surface area contributed by atoms with Crippen LogP contribution in [0.1, 0.15) is 44.1 Å². The molecule has 0 saturated carbocycles. The van der Waals surface area contributed by atoms with Crippen LogP contribution in [0, 0.1) is 0 Å². The zero-order valence-electron chi connectivity index (χ0n) is 13.3. The van der Waals surface area contributed by atoms with Crippen molar-refractivity contribution in [2.24, 2.45) is 0 Å². The van der Waals surface area contributed by atoms with Crippen molar-refractivity contribution in [3.05, 3.63) is 41.5 Å². The van der Waals surface area contributed by atoms with Gasteiger partial charge in [-0.3, -0.25) is 4.79 Å². The Bertz CT molecular complexity index is 550. The highest BCUT2D eigenvalue weighted by Gasteiger charge is 2.23. The Hall–Kier alpha value is -1.61. The lowest BCUT2D eigenvalue weighted by atomic mass is 9.97. The smallest absolute Gasteiger partial charge is 0.228 e. The van der Waals surface area contributed by atoms with Gasteiger partial charge in [-0.25, -0.2) is 0 Å². The first-order chi connectivity index (χ1) is 10.8. The number of carbonyl (C=O) groups excluding carboxylic acids is 1. The molecule has 1 amide bonds. The van der Waals surface area contributed by atoms with Gasteiger partial charge in [0.25, 0.3) is 0 Å². The first-order valence-electron chi connectivity index (χ1n) is 8.61. The monoisotopic (exact) mass is 298 g/mol. The molecule has 1 aliphatic carbocycles. The summed E-state index contributed by atoms with van der Waals surface area (Å²) in [6, 6.07) is 8.25. The van der Waals surface area contributed by atoms with Crippen LogP contribution >= 0.6 is 0 Å². The molecule has 3 nitrogen and oxygen atoms in total. The maximum atomic E-state index is 12.3. The summed E-state index contributed by atoms with van der Waals surface area (Å²) in [5.74, 6) is 0.245. The summed E-state index contributed by atoms with van der Waals surface area (Å²) >= 11 is 0. The quantitative estimate of drug-likeness (QED) is 0.644. The van der Waals surface area contributed by atoms with Gasteiger partial charge < -0.3 is 10.2 Å². The fourth-order valence-corrected chi connectivity index (χ4v) is 3.43. The summed E-state index contributed by atoms with van der Waals surface area (Å²) < 4.78 is 0. The number of nitrogens with zero attached hydrogens (tertiary/aromatic N) is 1. The summed E-state index contributed by atoms with van der Waals surface area (Å²) in [5, 5.41) is 3.42. The van der Waals surface area contributed by atoms with E-state index < -0.39 is 0 Å². The van der Waals surface area contributed by atoms with Gasteiger partial charge in [-0.2, -0.15) is 0 Å². The van der Waals surface area contributed by atoms with E-state index in [1.165, 1.54) is 31.2 Å². The van der Waals surface area contributed by atoms with E-state index in [2.05, 4.69) is 23.5 Å². The molecular formula is C19H26N2O. The molecule has 3 heteroatoms. The zero-order valence-corrected chi connectivity index (χ0v) is 13.3. The van der Waals surface area contributed by atoms with Crippen molar-refractivity contribution in [2.45, 2.75) is 44.9 Å². The van der Waals surface area contributed by atoms with Crippen molar-refractivity contribution in [1.29, 1.82) is 0 Å². The van der Waals surface area contributed by atoms with E-state index in [4.69, 9.17) is 0 Å². The maximum Gasteiger partial charge on any atom is 0.228 e. The van der Waals surface area contributed by atoms with Crippen molar-refractivity contribution in [1.82, 2.24) is 5.32 Å². The molecular weight excluding hydrogens is 272 g/mol. The minimum absolute atomic E-state index is 0.245. The maximum absolute atomic E-state index is 12.3. The molecule has 1 heterocycles. The van der Waals surface area contributed by atoms with Crippen LogP contribution in [0.5, 0.6) is 0 Å². The molecule has 1 aromatic carbocycles. The van der Waals surface area contributed by atoms with E-state index >= 15 is 0 Å². The van der Waals surface area contributed by atoms with Crippen LogP contribution in [0.3, 0.4) is 0 Å². The number of hydrogen-bond donors (Lipinski definition) is 1. The normalized spacial score (nSPS) is 17.3. The molecule has 1 aromatic rings. The molecule has 1 aliphatic heterocycles. The van der Waals surface area contributed by atoms with Crippen LogP contribution in [-0.4, -0.2) is 25.5 Å². The molecule has 118 valence electrons. The molecule has 0 fully saturated rings. The highest BCUT2D eigenvalue weighted by Crippen LogP contribution is 2.27. The molecule has 22 heavy (non-hydrogen) atoms. The lowest BCUT2D eigenvalue weighted by molar-refractivity contribution is -0.118. The molecule has 0 radical (unpaired) electrons. The van der Waals surface area contributed by atoms with Crippen LogP contribution in [0.15, 0.2) is 35.9 Å². The molecule has 0 saturated heterocycles. The second-order valence-corrected chi connectivity index (χ2v) is 6.28. The summed E-state index contributed by atoms with van der Waals surface area (Å²) in [7, 11) is 0. The molecule has 2 aliphatic rings. The Morgan fingerprint density at radius 2 is 2.05 bits per heavy atom. The van der Waals surface area contributed by atoms with Gasteiger partial charge in [0.05, 0.1) is 0 Å². The summed E-state index contributed by atoms with van der Waals surface area (Å²) in [6.45, 7) is 2.62. The van der Waals surface area contributed by atoms with Crippen LogP contribution in [0.25, 0.3) is 0 Å². The predicted molar refractivity (Wildman–Crippen MR) is 91.2 cm³/mol. The lowest BCUT2D eigenvalue weighted by Gasteiger charge is -2.17. The molecule has 3 rings (SSSR count). The van der Waals surface area contributed by atoms with Gasteiger partial charge in [-0.15, -0.1) is 0 Å². The van der Waals surface area contributed by atoms with E-state index in [1.807, 2.05) is 17.0 Å². The highest BCUT2D eigenvalue weighted by atomic mass is 16.2. The van der Waals surface area contributed by atoms with Gasteiger partial charge in [0.1, 0.15) is 0 Å². The third kappa shape index (κ3) is 3.77. The van der Waals surface area contributed by atoms with Gasteiger partial charge in [-0.05, 0) is 56.7 Å². The zero-order chi connectivity index (χ0) is 15.2. The van der Waals surface area contributed by atoms with Gasteiger partial charge in [0.15, 0.2) is 0 Å². The molecule has 0 spiro atoms. The fourth-order valence-electron chi connectivity index (χ4n) is 3.43. The largest absolute Gasteiger partial charge is 0.316 e. The molecule has 0 atom stereocenters. The van der Waals surface area contributed by atoms with E-state index in [9.17, 15) is 4.79 Å². The molecule has 0 unspecified atom stereocenters. The average molecular weight is 298 g/mol. The van der Waals surface area contributed by atoms with Gasteiger partial charge in [-0.1, -0.05) is 29.8 Å². The topological polar surface area (TPSA) is 32.3 Å².